The maximum Gasteiger partial charge on any atom is 0.490 e. The van der Waals surface area contributed by atoms with Crippen LogP contribution in [0.2, 0.25) is 0 Å². The van der Waals surface area contributed by atoms with E-state index in [-0.39, 0.29) is 17.6 Å². The predicted octanol–water partition coefficient (Wildman–Crippen LogP) is 2.83. The molecule has 0 radical (unpaired) electrons. The van der Waals surface area contributed by atoms with Gasteiger partial charge in [-0.3, -0.25) is 9.78 Å². The Bertz CT molecular complexity index is 757. The number of rotatable bonds is 5. The Morgan fingerprint density at radius 3 is 2.68 bits per heavy atom. The fraction of sp³-hybridized carbons (Fsp3) is 0.667. The molecule has 1 aromatic heterocycles. The number of hydrogen-bond acceptors (Lipinski definition) is 5. The van der Waals surface area contributed by atoms with Gasteiger partial charge in [0.05, 0.1) is 24.7 Å². The molecule has 4 rings (SSSR count). The normalized spacial score (nSPS) is 25.8. The largest absolute Gasteiger partial charge is 0.490 e. The fourth-order valence-electron chi connectivity index (χ4n) is 3.83. The Morgan fingerprint density at radius 2 is 2.06 bits per heavy atom. The van der Waals surface area contributed by atoms with Crippen LogP contribution in [0.25, 0.3) is 0 Å². The van der Waals surface area contributed by atoms with E-state index in [0.717, 1.165) is 44.0 Å². The third-order valence-electron chi connectivity index (χ3n) is 5.63. The summed E-state index contributed by atoms with van der Waals surface area (Å²) in [6, 6.07) is 5.71. The molecule has 0 aromatic carbocycles. The van der Waals surface area contributed by atoms with Gasteiger partial charge in [0, 0.05) is 38.0 Å². The molecule has 2 saturated heterocycles. The van der Waals surface area contributed by atoms with Crippen molar-refractivity contribution in [2.45, 2.75) is 56.4 Å². The minimum Gasteiger partial charge on any atom is -0.475 e. The number of aromatic nitrogens is 1. The molecular formula is C21H27F3N2O5. The number of carbonyl (C=O) groups is 2. The van der Waals surface area contributed by atoms with Gasteiger partial charge in [0.25, 0.3) is 0 Å². The smallest absolute Gasteiger partial charge is 0.475 e. The summed E-state index contributed by atoms with van der Waals surface area (Å²) in [4.78, 5) is 27.7. The number of halogens is 3. The predicted molar refractivity (Wildman–Crippen MR) is 103 cm³/mol. The molecule has 0 bridgehead atoms. The van der Waals surface area contributed by atoms with E-state index in [1.807, 2.05) is 23.1 Å². The summed E-state index contributed by atoms with van der Waals surface area (Å²) in [6.07, 6.45) is 2.82. The van der Waals surface area contributed by atoms with Crippen molar-refractivity contribution in [3.8, 4) is 0 Å². The second kappa shape index (κ2) is 9.95. The first-order chi connectivity index (χ1) is 14.7. The lowest BCUT2D eigenvalue weighted by molar-refractivity contribution is -0.192. The molecule has 1 spiro atoms. The number of carboxylic acids is 1. The zero-order valence-electron chi connectivity index (χ0n) is 17.1. The summed E-state index contributed by atoms with van der Waals surface area (Å²) in [5.74, 6) is -1.82. The molecule has 1 saturated carbocycles. The highest BCUT2D eigenvalue weighted by molar-refractivity contribution is 5.78. The van der Waals surface area contributed by atoms with Gasteiger partial charge in [-0.25, -0.2) is 4.79 Å². The van der Waals surface area contributed by atoms with Crippen molar-refractivity contribution in [2.75, 3.05) is 26.3 Å². The van der Waals surface area contributed by atoms with Crippen LogP contribution in [0.4, 0.5) is 13.2 Å². The lowest BCUT2D eigenvalue weighted by atomic mass is 9.89. The summed E-state index contributed by atoms with van der Waals surface area (Å²) in [5, 5.41) is 7.12. The van der Waals surface area contributed by atoms with Crippen molar-refractivity contribution in [1.82, 2.24) is 9.88 Å². The van der Waals surface area contributed by atoms with Crippen LogP contribution >= 0.6 is 0 Å². The molecule has 1 amide bonds. The minimum atomic E-state index is -5.08. The Labute approximate surface area is 178 Å². The average Bonchev–Trinajstić information content (AvgIpc) is 3.48. The van der Waals surface area contributed by atoms with Gasteiger partial charge in [-0.2, -0.15) is 13.2 Å². The average molecular weight is 444 g/mol. The Balaban J connectivity index is 0.000000339. The van der Waals surface area contributed by atoms with Crippen LogP contribution in [0.1, 0.15) is 37.8 Å². The highest BCUT2D eigenvalue weighted by Gasteiger charge is 2.45. The Hall–Kier alpha value is -2.20. The summed E-state index contributed by atoms with van der Waals surface area (Å²) in [7, 11) is 0. The van der Waals surface area contributed by atoms with E-state index in [1.54, 1.807) is 6.20 Å². The third kappa shape index (κ3) is 7.17. The van der Waals surface area contributed by atoms with Crippen molar-refractivity contribution < 1.29 is 37.3 Å². The number of piperidine rings is 1. The molecule has 3 aliphatic rings. The topological polar surface area (TPSA) is 89.0 Å². The molecule has 3 heterocycles. The van der Waals surface area contributed by atoms with E-state index in [2.05, 4.69) is 4.98 Å². The van der Waals surface area contributed by atoms with Crippen molar-refractivity contribution in [3.05, 3.63) is 30.1 Å². The second-order valence-electron chi connectivity index (χ2n) is 8.32. The molecule has 7 nitrogen and oxygen atoms in total. The molecule has 2 atom stereocenters. The molecule has 172 valence electrons. The zero-order valence-corrected chi connectivity index (χ0v) is 17.1. The SMILES string of the molecule is O=C(Cc1ccccn1)N1CCC[C@]2(C[C@H](OCC3CC3)CO2)C1.O=C(O)C(F)(F)F. The van der Waals surface area contributed by atoms with Crippen molar-refractivity contribution in [1.29, 1.82) is 0 Å². The number of aliphatic carboxylic acids is 1. The van der Waals surface area contributed by atoms with Crippen LogP contribution in [0.15, 0.2) is 24.4 Å². The van der Waals surface area contributed by atoms with Crippen LogP contribution in [0.3, 0.4) is 0 Å². The van der Waals surface area contributed by atoms with Gasteiger partial charge in [-0.1, -0.05) is 6.07 Å². The van der Waals surface area contributed by atoms with Gasteiger partial charge < -0.3 is 19.5 Å². The highest BCUT2D eigenvalue weighted by atomic mass is 19.4. The van der Waals surface area contributed by atoms with Gasteiger partial charge in [0.15, 0.2) is 0 Å². The van der Waals surface area contributed by atoms with E-state index in [4.69, 9.17) is 19.4 Å². The molecule has 2 aliphatic heterocycles. The first-order valence-electron chi connectivity index (χ1n) is 10.4. The first kappa shape index (κ1) is 23.5. The van der Waals surface area contributed by atoms with Crippen LogP contribution in [0.5, 0.6) is 0 Å². The number of carboxylic acid groups (broad SMARTS) is 1. The summed E-state index contributed by atoms with van der Waals surface area (Å²) < 4.78 is 43.9. The number of amides is 1. The van der Waals surface area contributed by atoms with Gasteiger partial charge in [0.1, 0.15) is 0 Å². The van der Waals surface area contributed by atoms with Crippen molar-refractivity contribution in [2.24, 2.45) is 5.92 Å². The lowest BCUT2D eigenvalue weighted by Crippen LogP contribution is -2.50. The van der Waals surface area contributed by atoms with Gasteiger partial charge in [-0.05, 0) is 43.7 Å². The quantitative estimate of drug-likeness (QED) is 0.751. The number of ether oxygens (including phenoxy) is 2. The summed E-state index contributed by atoms with van der Waals surface area (Å²) >= 11 is 0. The van der Waals surface area contributed by atoms with E-state index in [1.165, 1.54) is 12.8 Å². The van der Waals surface area contributed by atoms with Gasteiger partial charge in [0.2, 0.25) is 5.91 Å². The monoisotopic (exact) mass is 444 g/mol. The van der Waals surface area contributed by atoms with Crippen LogP contribution in [0, 0.1) is 5.92 Å². The second-order valence-corrected chi connectivity index (χ2v) is 8.32. The molecule has 3 fully saturated rings. The molecule has 0 unspecified atom stereocenters. The molecule has 1 aromatic rings. The summed E-state index contributed by atoms with van der Waals surface area (Å²) in [5.41, 5.74) is 0.645. The molecule has 1 N–H and O–H groups in total. The van der Waals surface area contributed by atoms with Gasteiger partial charge in [-0.15, -0.1) is 0 Å². The number of nitrogens with zero attached hydrogens (tertiary/aromatic N) is 2. The highest BCUT2D eigenvalue weighted by Crippen LogP contribution is 2.37. The Morgan fingerprint density at radius 1 is 1.32 bits per heavy atom. The van der Waals surface area contributed by atoms with E-state index >= 15 is 0 Å². The van der Waals surface area contributed by atoms with Crippen LogP contribution in [-0.2, 0) is 25.5 Å². The zero-order chi connectivity index (χ0) is 22.5. The number of pyridine rings is 1. The Kier molecular flexibility index (Phi) is 7.53. The van der Waals surface area contributed by atoms with Gasteiger partial charge >= 0.3 is 12.1 Å². The standard InChI is InChI=1S/C19H26N2O3.C2HF3O2/c22-18(10-16-4-1-2-8-20-16)21-9-3-7-19(14-21)11-17(13-24-19)23-12-15-5-6-15;3-2(4,5)1(6)7/h1-2,4,8,15,17H,3,5-7,9-14H2;(H,6,7)/t17-,19-;/m0./s1. The summed E-state index contributed by atoms with van der Waals surface area (Å²) in [6.45, 7) is 3.08. The lowest BCUT2D eigenvalue weighted by Gasteiger charge is -2.39. The van der Waals surface area contributed by atoms with Crippen molar-refractivity contribution in [3.63, 3.8) is 0 Å². The molecule has 31 heavy (non-hydrogen) atoms. The van der Waals surface area contributed by atoms with Crippen molar-refractivity contribution >= 4 is 11.9 Å². The number of likely N-dealkylation sites (tertiary alicyclic amines) is 1. The number of alkyl halides is 3. The maximum atomic E-state index is 12.6. The third-order valence-corrected chi connectivity index (χ3v) is 5.63. The fourth-order valence-corrected chi connectivity index (χ4v) is 3.83. The van der Waals surface area contributed by atoms with Crippen LogP contribution < -0.4 is 0 Å². The molecule has 1 aliphatic carbocycles. The van der Waals surface area contributed by atoms with E-state index < -0.39 is 12.1 Å². The van der Waals surface area contributed by atoms with Crippen LogP contribution in [-0.4, -0.2) is 71.1 Å². The van der Waals surface area contributed by atoms with E-state index in [0.29, 0.717) is 19.6 Å². The van der Waals surface area contributed by atoms with E-state index in [9.17, 15) is 18.0 Å². The molecular weight excluding hydrogens is 417 g/mol. The molecule has 10 heteroatoms. The number of carbonyl (C=O) groups excluding carboxylic acids is 1. The minimum absolute atomic E-state index is 0.152. The number of hydrogen-bond donors (Lipinski definition) is 1. The first-order valence-corrected chi connectivity index (χ1v) is 10.4. The maximum absolute atomic E-state index is 12.6.